The third kappa shape index (κ3) is 2.62. The van der Waals surface area contributed by atoms with E-state index >= 15 is 0 Å². The molecule has 2 aromatic heterocycles. The molecule has 1 aliphatic rings. The molecule has 8 nitrogen and oxygen atoms in total. The van der Waals surface area contributed by atoms with E-state index in [2.05, 4.69) is 15.6 Å². The molecule has 4 N–H and O–H groups in total. The Balaban J connectivity index is 1.88. The maximum atomic E-state index is 12.0. The molecular formula is C18H16N6O2. The van der Waals surface area contributed by atoms with E-state index in [0.29, 0.717) is 5.71 Å². The van der Waals surface area contributed by atoms with Crippen LogP contribution in [0.1, 0.15) is 12.0 Å². The first kappa shape index (κ1) is 16.0. The number of hydrazone groups is 1. The van der Waals surface area contributed by atoms with Gasteiger partial charge in [-0.2, -0.15) is 10.2 Å². The molecular weight excluding hydrogens is 332 g/mol. The van der Waals surface area contributed by atoms with Gasteiger partial charge < -0.3 is 0 Å². The van der Waals surface area contributed by atoms with Crippen LogP contribution < -0.4 is 16.7 Å². The summed E-state index contributed by atoms with van der Waals surface area (Å²) in [5.41, 5.74) is 8.33. The normalized spacial score (nSPS) is 16.9. The maximum Gasteiger partial charge on any atom is 0.253 e. The molecule has 0 spiro atoms. The summed E-state index contributed by atoms with van der Waals surface area (Å²) in [5.74, 6) is 3.24. The summed E-state index contributed by atoms with van der Waals surface area (Å²) in [6, 6.07) is 15.4. The van der Waals surface area contributed by atoms with E-state index in [1.807, 2.05) is 60.2 Å². The summed E-state index contributed by atoms with van der Waals surface area (Å²) in [6.45, 7) is 0. The first-order valence-corrected chi connectivity index (χ1v) is 8.09. The maximum absolute atomic E-state index is 12.0. The summed E-state index contributed by atoms with van der Waals surface area (Å²) < 4.78 is 1.76. The lowest BCUT2D eigenvalue weighted by Gasteiger charge is -2.20. The van der Waals surface area contributed by atoms with Crippen LogP contribution in [0.5, 0.6) is 0 Å². The molecule has 0 bridgehead atoms. The lowest BCUT2D eigenvalue weighted by Crippen LogP contribution is -2.46. The third-order valence-electron chi connectivity index (χ3n) is 4.35. The standard InChI is InChI=1S/C18H16N6O2/c19-20-17(25)12-10-13(21-22-18(12)26)15-14-8-4-5-9-24(14)23-16(15)11-6-2-1-3-7-11/h1-9,12H,10,19H2,(H,20,25)(H,22,26). The van der Waals surface area contributed by atoms with Crippen molar-refractivity contribution in [1.82, 2.24) is 20.5 Å². The highest BCUT2D eigenvalue weighted by Gasteiger charge is 2.33. The van der Waals surface area contributed by atoms with Crippen LogP contribution in [0.2, 0.25) is 0 Å². The summed E-state index contributed by atoms with van der Waals surface area (Å²) in [5, 5.41) is 8.86. The second kappa shape index (κ2) is 6.41. The minimum absolute atomic E-state index is 0.144. The topological polar surface area (TPSA) is 114 Å². The third-order valence-corrected chi connectivity index (χ3v) is 4.35. The second-order valence-corrected chi connectivity index (χ2v) is 5.92. The Morgan fingerprint density at radius 3 is 2.73 bits per heavy atom. The minimum Gasteiger partial charge on any atom is -0.294 e. The predicted molar refractivity (Wildman–Crippen MR) is 95.7 cm³/mol. The molecule has 0 saturated carbocycles. The van der Waals surface area contributed by atoms with E-state index in [4.69, 9.17) is 5.84 Å². The van der Waals surface area contributed by atoms with Gasteiger partial charge in [0, 0.05) is 18.2 Å². The van der Waals surface area contributed by atoms with Crippen molar-refractivity contribution in [3.63, 3.8) is 0 Å². The highest BCUT2D eigenvalue weighted by Crippen LogP contribution is 2.29. The number of nitrogens with one attached hydrogen (secondary N) is 2. The number of fused-ring (bicyclic) bond motifs is 1. The molecule has 8 heteroatoms. The molecule has 0 saturated heterocycles. The predicted octanol–water partition coefficient (Wildman–Crippen LogP) is 0.831. The van der Waals surface area contributed by atoms with Crippen molar-refractivity contribution in [2.45, 2.75) is 6.42 Å². The fourth-order valence-corrected chi connectivity index (χ4v) is 3.08. The monoisotopic (exact) mass is 348 g/mol. The number of nitrogens with two attached hydrogens (primary N) is 1. The molecule has 1 atom stereocenters. The zero-order chi connectivity index (χ0) is 18.1. The van der Waals surface area contributed by atoms with Crippen LogP contribution in [0.4, 0.5) is 0 Å². The summed E-state index contributed by atoms with van der Waals surface area (Å²) in [6.07, 6.45) is 1.99. The number of nitrogens with zero attached hydrogens (tertiary/aromatic N) is 3. The van der Waals surface area contributed by atoms with Crippen molar-refractivity contribution in [1.29, 1.82) is 0 Å². The number of hydrogen-bond acceptors (Lipinski definition) is 5. The quantitative estimate of drug-likeness (QED) is 0.281. The van der Waals surface area contributed by atoms with E-state index in [0.717, 1.165) is 22.3 Å². The van der Waals surface area contributed by atoms with Gasteiger partial charge in [-0.3, -0.25) is 15.0 Å². The molecule has 1 unspecified atom stereocenters. The van der Waals surface area contributed by atoms with Crippen LogP contribution in [-0.4, -0.2) is 27.1 Å². The number of aromatic nitrogens is 2. The molecule has 0 aliphatic carbocycles. The number of hydrazine groups is 1. The van der Waals surface area contributed by atoms with Gasteiger partial charge in [0.25, 0.3) is 5.91 Å². The van der Waals surface area contributed by atoms with Gasteiger partial charge in [-0.25, -0.2) is 15.8 Å². The van der Waals surface area contributed by atoms with Crippen LogP contribution >= 0.6 is 0 Å². The lowest BCUT2D eigenvalue weighted by atomic mass is 9.92. The largest absolute Gasteiger partial charge is 0.294 e. The minimum atomic E-state index is -0.935. The molecule has 26 heavy (non-hydrogen) atoms. The Labute approximate surface area is 148 Å². The van der Waals surface area contributed by atoms with Crippen molar-refractivity contribution in [2.24, 2.45) is 16.9 Å². The average Bonchev–Trinajstić information content (AvgIpc) is 3.08. The van der Waals surface area contributed by atoms with Crippen LogP contribution in [0.25, 0.3) is 16.8 Å². The molecule has 1 aliphatic heterocycles. The van der Waals surface area contributed by atoms with Gasteiger partial charge >= 0.3 is 0 Å². The van der Waals surface area contributed by atoms with Gasteiger partial charge in [0.15, 0.2) is 0 Å². The number of amides is 2. The molecule has 3 aromatic rings. The Morgan fingerprint density at radius 1 is 1.19 bits per heavy atom. The first-order chi connectivity index (χ1) is 12.7. The number of carbonyl (C=O) groups is 2. The van der Waals surface area contributed by atoms with Crippen LogP contribution in [0.3, 0.4) is 0 Å². The van der Waals surface area contributed by atoms with Crippen molar-refractivity contribution >= 4 is 23.0 Å². The summed E-state index contributed by atoms with van der Waals surface area (Å²) in [4.78, 5) is 23.9. The number of carbonyl (C=O) groups excluding carboxylic acids is 2. The fraction of sp³-hybridized carbons (Fsp3) is 0.111. The van der Waals surface area contributed by atoms with Crippen LogP contribution in [0, 0.1) is 5.92 Å². The van der Waals surface area contributed by atoms with Crippen molar-refractivity contribution in [3.8, 4) is 11.3 Å². The Kier molecular flexibility index (Phi) is 3.94. The molecule has 1 aromatic carbocycles. The number of pyridine rings is 1. The van der Waals surface area contributed by atoms with Gasteiger partial charge in [0.05, 0.1) is 16.8 Å². The second-order valence-electron chi connectivity index (χ2n) is 5.92. The van der Waals surface area contributed by atoms with E-state index in [-0.39, 0.29) is 6.42 Å². The van der Waals surface area contributed by atoms with Gasteiger partial charge in [-0.05, 0) is 12.1 Å². The van der Waals surface area contributed by atoms with Crippen molar-refractivity contribution < 1.29 is 9.59 Å². The Hall–Kier alpha value is -3.52. The van der Waals surface area contributed by atoms with Crippen LogP contribution in [0.15, 0.2) is 59.8 Å². The molecule has 0 radical (unpaired) electrons. The Morgan fingerprint density at radius 2 is 1.96 bits per heavy atom. The zero-order valence-electron chi connectivity index (χ0n) is 13.7. The molecule has 130 valence electrons. The highest BCUT2D eigenvalue weighted by atomic mass is 16.2. The fourth-order valence-electron chi connectivity index (χ4n) is 3.08. The van der Waals surface area contributed by atoms with E-state index in [9.17, 15) is 9.59 Å². The van der Waals surface area contributed by atoms with Gasteiger partial charge in [-0.15, -0.1) is 0 Å². The number of rotatable bonds is 3. The van der Waals surface area contributed by atoms with E-state index < -0.39 is 17.7 Å². The zero-order valence-corrected chi connectivity index (χ0v) is 13.7. The van der Waals surface area contributed by atoms with Gasteiger partial charge in [0.1, 0.15) is 11.6 Å². The average molecular weight is 348 g/mol. The number of benzene rings is 1. The summed E-state index contributed by atoms with van der Waals surface area (Å²) >= 11 is 0. The molecule has 3 heterocycles. The number of hydrogen-bond donors (Lipinski definition) is 3. The first-order valence-electron chi connectivity index (χ1n) is 8.09. The molecule has 2 amide bonds. The van der Waals surface area contributed by atoms with E-state index in [1.165, 1.54) is 0 Å². The lowest BCUT2D eigenvalue weighted by molar-refractivity contribution is -0.135. The molecule has 4 rings (SSSR count). The van der Waals surface area contributed by atoms with Gasteiger partial charge in [0.2, 0.25) is 5.91 Å². The highest BCUT2D eigenvalue weighted by molar-refractivity contribution is 6.16. The Bertz CT molecular complexity index is 1020. The van der Waals surface area contributed by atoms with Gasteiger partial charge in [-0.1, -0.05) is 36.4 Å². The van der Waals surface area contributed by atoms with Crippen molar-refractivity contribution in [3.05, 3.63) is 60.3 Å². The van der Waals surface area contributed by atoms with Crippen molar-refractivity contribution in [2.75, 3.05) is 0 Å². The SMILES string of the molecule is NNC(=O)C1CC(c2c(-c3ccccc3)nn3ccccc23)=NNC1=O. The van der Waals surface area contributed by atoms with Crippen LogP contribution in [-0.2, 0) is 9.59 Å². The summed E-state index contributed by atoms with van der Waals surface area (Å²) in [7, 11) is 0. The smallest absolute Gasteiger partial charge is 0.253 e. The van der Waals surface area contributed by atoms with E-state index in [1.54, 1.807) is 4.52 Å². The molecule has 0 fully saturated rings.